The highest BCUT2D eigenvalue weighted by molar-refractivity contribution is 5.14. The van der Waals surface area contributed by atoms with Crippen molar-refractivity contribution in [2.75, 3.05) is 26.3 Å². The van der Waals surface area contributed by atoms with E-state index in [-0.39, 0.29) is 6.29 Å². The van der Waals surface area contributed by atoms with Crippen molar-refractivity contribution >= 4 is 0 Å². The van der Waals surface area contributed by atoms with Crippen molar-refractivity contribution in [3.05, 3.63) is 29.6 Å². The molecule has 0 unspecified atom stereocenters. The number of hydrogen-bond acceptors (Lipinski definition) is 4. The number of likely N-dealkylation sites (tertiary alicyclic amines) is 1. The molecule has 122 valence electrons. The van der Waals surface area contributed by atoms with Crippen LogP contribution in [0.2, 0.25) is 0 Å². The number of hydrogen-bond donors (Lipinski definition) is 0. The second-order valence-corrected chi connectivity index (χ2v) is 6.42. The predicted molar refractivity (Wildman–Crippen MR) is 86.7 cm³/mol. The Balaban J connectivity index is 1.43. The topological polar surface area (TPSA) is 34.6 Å². The van der Waals surface area contributed by atoms with Gasteiger partial charge in [0.05, 0.1) is 18.3 Å². The van der Waals surface area contributed by atoms with Gasteiger partial charge in [-0.3, -0.25) is 9.88 Å². The maximum atomic E-state index is 5.84. The fourth-order valence-electron chi connectivity index (χ4n) is 3.50. The Morgan fingerprint density at radius 1 is 1.27 bits per heavy atom. The fourth-order valence-corrected chi connectivity index (χ4v) is 3.50. The summed E-state index contributed by atoms with van der Waals surface area (Å²) in [4.78, 5) is 7.28. The predicted octanol–water partition coefficient (Wildman–Crippen LogP) is 3.46. The summed E-state index contributed by atoms with van der Waals surface area (Å²) in [6.45, 7) is 6.00. The van der Waals surface area contributed by atoms with Gasteiger partial charge in [0, 0.05) is 18.8 Å². The molecule has 2 atom stereocenters. The first-order valence-corrected chi connectivity index (χ1v) is 8.74. The first-order chi connectivity index (χ1) is 10.8. The van der Waals surface area contributed by atoms with Gasteiger partial charge < -0.3 is 9.47 Å². The summed E-state index contributed by atoms with van der Waals surface area (Å²) in [6, 6.07) is 6.85. The number of aromatic nitrogens is 1. The molecular weight excluding hydrogens is 276 g/mol. The highest BCUT2D eigenvalue weighted by Gasteiger charge is 2.26. The third kappa shape index (κ3) is 4.28. The molecule has 0 aromatic carbocycles. The van der Waals surface area contributed by atoms with E-state index in [2.05, 4.69) is 30.0 Å². The van der Waals surface area contributed by atoms with Crippen molar-refractivity contribution in [2.45, 2.75) is 57.8 Å². The molecule has 4 heteroatoms. The Labute approximate surface area is 133 Å². The van der Waals surface area contributed by atoms with Crippen LogP contribution < -0.4 is 0 Å². The Kier molecular flexibility index (Phi) is 5.82. The number of ether oxygens (including phenoxy) is 2. The van der Waals surface area contributed by atoms with Crippen molar-refractivity contribution in [1.29, 1.82) is 0 Å². The van der Waals surface area contributed by atoms with E-state index in [4.69, 9.17) is 14.5 Å². The Bertz CT molecular complexity index is 460. The molecule has 0 radical (unpaired) electrons. The average Bonchev–Trinajstić information content (AvgIpc) is 3.01. The van der Waals surface area contributed by atoms with Gasteiger partial charge in [0.15, 0.2) is 6.29 Å². The molecule has 4 nitrogen and oxygen atoms in total. The standard InChI is InChI=1S/C18H28N2O2/c1-15-7-4-8-16(19-15)17-9-5-11-20(17)12-6-14-22-18-10-2-3-13-21-18/h4,7-8,17-18H,2-3,5-6,9-14H2,1H3/t17-,18+/m1/s1. The minimum Gasteiger partial charge on any atom is -0.353 e. The maximum absolute atomic E-state index is 5.84. The SMILES string of the molecule is Cc1cccc([C@H]2CCCN2CCCO[C@H]2CCCCO2)n1. The van der Waals surface area contributed by atoms with E-state index in [1.807, 2.05) is 0 Å². The van der Waals surface area contributed by atoms with Gasteiger partial charge in [0.25, 0.3) is 0 Å². The zero-order chi connectivity index (χ0) is 15.2. The van der Waals surface area contributed by atoms with Gasteiger partial charge in [-0.2, -0.15) is 0 Å². The van der Waals surface area contributed by atoms with Crippen LogP contribution in [-0.4, -0.2) is 42.5 Å². The zero-order valence-electron chi connectivity index (χ0n) is 13.7. The quantitative estimate of drug-likeness (QED) is 0.754. The Morgan fingerprint density at radius 3 is 3.05 bits per heavy atom. The van der Waals surface area contributed by atoms with E-state index >= 15 is 0 Å². The molecule has 0 N–H and O–H groups in total. The number of pyridine rings is 1. The summed E-state index contributed by atoms with van der Waals surface area (Å²) in [5.74, 6) is 0. The molecule has 1 aromatic heterocycles. The van der Waals surface area contributed by atoms with Gasteiger partial charge >= 0.3 is 0 Å². The summed E-state index contributed by atoms with van der Waals surface area (Å²) in [6.07, 6.45) is 7.08. The molecule has 22 heavy (non-hydrogen) atoms. The van der Waals surface area contributed by atoms with E-state index in [0.717, 1.165) is 38.3 Å². The largest absolute Gasteiger partial charge is 0.353 e. The van der Waals surface area contributed by atoms with E-state index in [0.29, 0.717) is 6.04 Å². The normalized spacial score (nSPS) is 26.4. The number of nitrogens with zero attached hydrogens (tertiary/aromatic N) is 2. The monoisotopic (exact) mass is 304 g/mol. The molecule has 3 heterocycles. The third-order valence-corrected chi connectivity index (χ3v) is 4.65. The maximum Gasteiger partial charge on any atom is 0.157 e. The van der Waals surface area contributed by atoms with Crippen LogP contribution in [0.3, 0.4) is 0 Å². The molecule has 2 saturated heterocycles. The summed E-state index contributed by atoms with van der Waals surface area (Å²) in [5, 5.41) is 0. The number of rotatable bonds is 6. The van der Waals surface area contributed by atoms with Crippen LogP contribution in [-0.2, 0) is 9.47 Å². The van der Waals surface area contributed by atoms with Crippen LogP contribution in [0, 0.1) is 6.92 Å². The molecule has 0 aliphatic carbocycles. The van der Waals surface area contributed by atoms with Gasteiger partial charge in [0.1, 0.15) is 0 Å². The van der Waals surface area contributed by atoms with E-state index in [9.17, 15) is 0 Å². The van der Waals surface area contributed by atoms with E-state index < -0.39 is 0 Å². The first kappa shape index (κ1) is 15.9. The smallest absolute Gasteiger partial charge is 0.157 e. The second kappa shape index (κ2) is 8.04. The fraction of sp³-hybridized carbons (Fsp3) is 0.722. The summed E-state index contributed by atoms with van der Waals surface area (Å²) >= 11 is 0. The van der Waals surface area contributed by atoms with Gasteiger partial charge in [-0.1, -0.05) is 6.07 Å². The van der Waals surface area contributed by atoms with Crippen LogP contribution in [0.15, 0.2) is 18.2 Å². The lowest BCUT2D eigenvalue weighted by atomic mass is 10.1. The molecule has 0 amide bonds. The second-order valence-electron chi connectivity index (χ2n) is 6.42. The number of aryl methyl sites for hydroxylation is 1. The molecule has 1 aromatic rings. The van der Waals surface area contributed by atoms with Gasteiger partial charge in [-0.05, 0) is 64.1 Å². The van der Waals surface area contributed by atoms with E-state index in [1.54, 1.807) is 0 Å². The molecule has 2 fully saturated rings. The van der Waals surface area contributed by atoms with Gasteiger partial charge in [0.2, 0.25) is 0 Å². The average molecular weight is 304 g/mol. The molecular formula is C18H28N2O2. The van der Waals surface area contributed by atoms with Crippen molar-refractivity contribution in [3.8, 4) is 0 Å². The van der Waals surface area contributed by atoms with Crippen molar-refractivity contribution in [3.63, 3.8) is 0 Å². The van der Waals surface area contributed by atoms with Crippen molar-refractivity contribution in [2.24, 2.45) is 0 Å². The van der Waals surface area contributed by atoms with Crippen LogP contribution in [0.5, 0.6) is 0 Å². The molecule has 0 spiro atoms. The summed E-state index contributed by atoms with van der Waals surface area (Å²) in [7, 11) is 0. The molecule has 0 saturated carbocycles. The van der Waals surface area contributed by atoms with Gasteiger partial charge in [-0.25, -0.2) is 0 Å². The highest BCUT2D eigenvalue weighted by atomic mass is 16.7. The molecule has 2 aliphatic rings. The van der Waals surface area contributed by atoms with E-state index in [1.165, 1.54) is 37.9 Å². The van der Waals surface area contributed by atoms with Crippen LogP contribution in [0.25, 0.3) is 0 Å². The van der Waals surface area contributed by atoms with Gasteiger partial charge in [-0.15, -0.1) is 0 Å². The Hall–Kier alpha value is -0.970. The lowest BCUT2D eigenvalue weighted by Crippen LogP contribution is -2.27. The van der Waals surface area contributed by atoms with Crippen molar-refractivity contribution < 1.29 is 9.47 Å². The van der Waals surface area contributed by atoms with Crippen molar-refractivity contribution in [1.82, 2.24) is 9.88 Å². The lowest BCUT2D eigenvalue weighted by Gasteiger charge is -2.26. The minimum absolute atomic E-state index is 0.0431. The first-order valence-electron chi connectivity index (χ1n) is 8.74. The van der Waals surface area contributed by atoms with Crippen LogP contribution in [0.1, 0.15) is 56.0 Å². The zero-order valence-corrected chi connectivity index (χ0v) is 13.7. The lowest BCUT2D eigenvalue weighted by molar-refractivity contribution is -0.163. The Morgan fingerprint density at radius 2 is 2.23 bits per heavy atom. The van der Waals surface area contributed by atoms with Crippen LogP contribution >= 0.6 is 0 Å². The summed E-state index contributed by atoms with van der Waals surface area (Å²) in [5.41, 5.74) is 2.34. The molecule has 3 rings (SSSR count). The summed E-state index contributed by atoms with van der Waals surface area (Å²) < 4.78 is 11.4. The third-order valence-electron chi connectivity index (χ3n) is 4.65. The van der Waals surface area contributed by atoms with Crippen LogP contribution in [0.4, 0.5) is 0 Å². The molecule has 0 bridgehead atoms. The molecule has 2 aliphatic heterocycles. The minimum atomic E-state index is 0.0431. The highest BCUT2D eigenvalue weighted by Crippen LogP contribution is 2.30.